The molecule has 0 aromatic carbocycles. The van der Waals surface area contributed by atoms with E-state index in [2.05, 4.69) is 4.74 Å². The van der Waals surface area contributed by atoms with Gasteiger partial charge in [0.2, 0.25) is 0 Å². The number of alkyl carbamates (subject to hydrolysis) is 1. The Morgan fingerprint density at radius 2 is 1.75 bits per heavy atom. The van der Waals surface area contributed by atoms with Gasteiger partial charge in [0.25, 0.3) is 0 Å². The molecule has 0 heterocycles. The van der Waals surface area contributed by atoms with Crippen LogP contribution in [-0.2, 0) is 9.53 Å². The van der Waals surface area contributed by atoms with E-state index in [0.717, 1.165) is 0 Å². The van der Waals surface area contributed by atoms with Crippen molar-refractivity contribution in [2.24, 2.45) is 0 Å². The number of ether oxygens (including phenoxy) is 1. The average molecular weight is 247 g/mol. The number of carbonyl (C=O) groups is 2. The third kappa shape index (κ3) is 7.84. The second-order valence-corrected chi connectivity index (χ2v) is 3.85. The fourth-order valence-corrected chi connectivity index (χ4v) is 0.570. The number of hydrogen-bond acceptors (Lipinski definition) is 4. The Kier molecular flexibility index (Phi) is 7.15. The summed E-state index contributed by atoms with van der Waals surface area (Å²) in [6.07, 6.45) is -1.11. The SMILES string of the molecule is CC(C)(C)OC(=O)NCC(F)(F)C(=O)[O-].[Na+]. The molecule has 1 N–H and O–H groups in total. The normalized spacial score (nSPS) is 11.3. The number of rotatable bonds is 3. The molecule has 0 aliphatic rings. The fourth-order valence-electron chi connectivity index (χ4n) is 0.570. The fraction of sp³-hybridized carbons (Fsp3) is 0.750. The van der Waals surface area contributed by atoms with Crippen LogP contribution in [0.3, 0.4) is 0 Å². The van der Waals surface area contributed by atoms with Crippen LogP contribution in [0.5, 0.6) is 0 Å². The van der Waals surface area contributed by atoms with Gasteiger partial charge in [0, 0.05) is 0 Å². The van der Waals surface area contributed by atoms with Crippen molar-refractivity contribution in [1.82, 2.24) is 5.32 Å². The van der Waals surface area contributed by atoms with Gasteiger partial charge in [-0.1, -0.05) is 0 Å². The van der Waals surface area contributed by atoms with Crippen molar-refractivity contribution in [2.45, 2.75) is 32.3 Å². The van der Waals surface area contributed by atoms with Crippen LogP contribution in [0, 0.1) is 0 Å². The molecular weight excluding hydrogens is 235 g/mol. The number of carbonyl (C=O) groups excluding carboxylic acids is 2. The Morgan fingerprint density at radius 1 is 1.31 bits per heavy atom. The molecule has 0 bridgehead atoms. The number of hydrogen-bond donors (Lipinski definition) is 1. The maximum Gasteiger partial charge on any atom is 1.00 e. The number of halogens is 2. The molecule has 0 atom stereocenters. The zero-order valence-electron chi connectivity index (χ0n) is 9.60. The third-order valence-electron chi connectivity index (χ3n) is 1.15. The van der Waals surface area contributed by atoms with E-state index in [9.17, 15) is 23.5 Å². The first-order valence-corrected chi connectivity index (χ1v) is 4.11. The van der Waals surface area contributed by atoms with Crippen LogP contribution in [0.2, 0.25) is 0 Å². The number of carboxylic acid groups (broad SMARTS) is 1. The molecule has 5 nitrogen and oxygen atoms in total. The van der Waals surface area contributed by atoms with Crippen LogP contribution >= 0.6 is 0 Å². The average Bonchev–Trinajstić information content (AvgIpc) is 1.97. The minimum Gasteiger partial charge on any atom is -0.544 e. The maximum atomic E-state index is 12.4. The molecule has 0 aliphatic heterocycles. The number of nitrogens with one attached hydrogen (secondary N) is 1. The summed E-state index contributed by atoms with van der Waals surface area (Å²) in [5, 5.41) is 11.5. The molecule has 0 fully saturated rings. The first-order valence-electron chi connectivity index (χ1n) is 4.11. The van der Waals surface area contributed by atoms with Crippen LogP contribution in [0.15, 0.2) is 0 Å². The Hall–Kier alpha value is -0.400. The molecule has 0 aromatic rings. The van der Waals surface area contributed by atoms with E-state index in [4.69, 9.17) is 0 Å². The summed E-state index contributed by atoms with van der Waals surface area (Å²) in [5.41, 5.74) is -0.832. The topological polar surface area (TPSA) is 78.5 Å². The minimum atomic E-state index is -4.10. The van der Waals surface area contributed by atoms with Gasteiger partial charge in [-0.25, -0.2) is 4.79 Å². The van der Waals surface area contributed by atoms with Gasteiger partial charge >= 0.3 is 41.6 Å². The van der Waals surface area contributed by atoms with Crippen molar-refractivity contribution in [3.05, 3.63) is 0 Å². The van der Waals surface area contributed by atoms with Crippen molar-refractivity contribution in [3.8, 4) is 0 Å². The summed E-state index contributed by atoms with van der Waals surface area (Å²) >= 11 is 0. The summed E-state index contributed by atoms with van der Waals surface area (Å²) < 4.78 is 29.4. The molecule has 88 valence electrons. The third-order valence-corrected chi connectivity index (χ3v) is 1.15. The predicted octanol–water partition coefficient (Wildman–Crippen LogP) is -3.10. The van der Waals surface area contributed by atoms with Crippen LogP contribution in [0.4, 0.5) is 13.6 Å². The number of aliphatic carboxylic acids is 1. The first-order chi connectivity index (χ1) is 6.54. The van der Waals surface area contributed by atoms with E-state index in [1.165, 1.54) is 0 Å². The molecule has 0 saturated carbocycles. The summed E-state index contributed by atoms with van der Waals surface area (Å²) in [4.78, 5) is 20.7. The summed E-state index contributed by atoms with van der Waals surface area (Å²) in [6, 6.07) is 0. The zero-order chi connectivity index (χ0) is 12.3. The molecule has 0 spiro atoms. The van der Waals surface area contributed by atoms with Crippen LogP contribution in [0.1, 0.15) is 20.8 Å². The molecular formula is C8H12F2NNaO4. The minimum absolute atomic E-state index is 0. The van der Waals surface area contributed by atoms with Gasteiger partial charge in [-0.05, 0) is 20.8 Å². The Balaban J connectivity index is 0. The molecule has 0 saturated heterocycles. The Morgan fingerprint density at radius 3 is 2.06 bits per heavy atom. The maximum absolute atomic E-state index is 12.4. The predicted molar refractivity (Wildman–Crippen MR) is 44.2 cm³/mol. The van der Waals surface area contributed by atoms with Gasteiger partial charge in [-0.15, -0.1) is 0 Å². The quantitative estimate of drug-likeness (QED) is 0.536. The van der Waals surface area contributed by atoms with Crippen molar-refractivity contribution in [3.63, 3.8) is 0 Å². The molecule has 0 unspecified atom stereocenters. The molecule has 0 rings (SSSR count). The van der Waals surface area contributed by atoms with E-state index >= 15 is 0 Å². The van der Waals surface area contributed by atoms with E-state index in [-0.39, 0.29) is 29.6 Å². The zero-order valence-corrected chi connectivity index (χ0v) is 11.6. The second kappa shape index (κ2) is 6.36. The summed E-state index contributed by atoms with van der Waals surface area (Å²) in [7, 11) is 0. The molecule has 0 aliphatic carbocycles. The first kappa shape index (κ1) is 18.0. The number of amides is 1. The van der Waals surface area contributed by atoms with Gasteiger partial charge in [0.15, 0.2) is 0 Å². The summed E-state index contributed by atoms with van der Waals surface area (Å²) in [5.74, 6) is -6.64. The molecule has 0 radical (unpaired) electrons. The standard InChI is InChI=1S/C8H13F2NO4.Na/c1-7(2,3)15-6(14)11-4-8(9,10)5(12)13;/h4H2,1-3H3,(H,11,14)(H,12,13);/q;+1/p-1. The second-order valence-electron chi connectivity index (χ2n) is 3.85. The molecule has 1 amide bonds. The van der Waals surface area contributed by atoms with Gasteiger partial charge < -0.3 is 20.0 Å². The number of carboxylic acids is 1. The molecule has 16 heavy (non-hydrogen) atoms. The molecule has 0 aromatic heterocycles. The number of alkyl halides is 2. The van der Waals surface area contributed by atoms with E-state index in [1.54, 1.807) is 26.1 Å². The van der Waals surface area contributed by atoms with Crippen LogP contribution in [-0.4, -0.2) is 30.1 Å². The Labute approximate surface area is 114 Å². The largest absolute Gasteiger partial charge is 1.00 e. The van der Waals surface area contributed by atoms with Gasteiger partial charge in [-0.3, -0.25) is 0 Å². The van der Waals surface area contributed by atoms with Crippen molar-refractivity contribution < 1.29 is 57.8 Å². The summed E-state index contributed by atoms with van der Waals surface area (Å²) in [6.45, 7) is 3.28. The monoisotopic (exact) mass is 247 g/mol. The van der Waals surface area contributed by atoms with Gasteiger partial charge in [-0.2, -0.15) is 8.78 Å². The van der Waals surface area contributed by atoms with Gasteiger partial charge in [0.1, 0.15) is 11.6 Å². The van der Waals surface area contributed by atoms with Gasteiger partial charge in [0.05, 0.1) is 6.54 Å². The van der Waals surface area contributed by atoms with Crippen LogP contribution in [0.25, 0.3) is 0 Å². The van der Waals surface area contributed by atoms with Crippen LogP contribution < -0.4 is 40.0 Å². The smallest absolute Gasteiger partial charge is 0.544 e. The van der Waals surface area contributed by atoms with E-state index in [1.807, 2.05) is 0 Å². The van der Waals surface area contributed by atoms with E-state index in [0.29, 0.717) is 0 Å². The van der Waals surface area contributed by atoms with Crippen molar-refractivity contribution >= 4 is 12.1 Å². The van der Waals surface area contributed by atoms with E-state index < -0.39 is 30.1 Å². The van der Waals surface area contributed by atoms with Crippen molar-refractivity contribution in [2.75, 3.05) is 6.54 Å². The van der Waals surface area contributed by atoms with Crippen molar-refractivity contribution in [1.29, 1.82) is 0 Å². The molecule has 8 heteroatoms. The Bertz CT molecular complexity index is 265.